The predicted octanol–water partition coefficient (Wildman–Crippen LogP) is 4.21. The summed E-state index contributed by atoms with van der Waals surface area (Å²) in [6, 6.07) is 2.13. The van der Waals surface area contributed by atoms with Gasteiger partial charge in [-0.15, -0.1) is 11.8 Å². The molecule has 8 heteroatoms. The minimum absolute atomic E-state index is 0.0221. The molecule has 31 heavy (non-hydrogen) atoms. The summed E-state index contributed by atoms with van der Waals surface area (Å²) in [6.45, 7) is 10.3. The second-order valence-corrected chi connectivity index (χ2v) is 11.6. The molecule has 6 nitrogen and oxygen atoms in total. The Labute approximate surface area is 193 Å². The quantitative estimate of drug-likeness (QED) is 0.689. The number of carbonyl (C=O) groups is 2. The molecule has 1 fully saturated rings. The zero-order valence-corrected chi connectivity index (χ0v) is 20.7. The van der Waals surface area contributed by atoms with E-state index in [0.29, 0.717) is 11.7 Å². The number of amides is 2. The fourth-order valence-corrected chi connectivity index (χ4v) is 6.38. The van der Waals surface area contributed by atoms with Gasteiger partial charge in [-0.3, -0.25) is 19.2 Å². The largest absolute Gasteiger partial charge is 0.341 e. The van der Waals surface area contributed by atoms with Gasteiger partial charge in [0.1, 0.15) is 12.4 Å². The molecule has 2 aliphatic heterocycles. The monoisotopic (exact) mass is 460 g/mol. The SMILES string of the molecule is CC1CCN(C(=O)CN2C(=O)CSC(c3ccsc3)c3c(C(C)(C)C)nn(C)c32)CC1. The Bertz CT molecular complexity index is 953. The van der Waals surface area contributed by atoms with Crippen molar-refractivity contribution in [2.24, 2.45) is 13.0 Å². The van der Waals surface area contributed by atoms with Crippen LogP contribution < -0.4 is 4.90 Å². The highest BCUT2D eigenvalue weighted by atomic mass is 32.2. The summed E-state index contributed by atoms with van der Waals surface area (Å²) in [5.41, 5.74) is 3.09. The number of hydrogen-bond acceptors (Lipinski definition) is 5. The highest BCUT2D eigenvalue weighted by Gasteiger charge is 2.39. The summed E-state index contributed by atoms with van der Waals surface area (Å²) in [6.07, 6.45) is 2.06. The Morgan fingerprint density at radius 2 is 1.97 bits per heavy atom. The van der Waals surface area contributed by atoms with E-state index in [1.54, 1.807) is 28.0 Å². The van der Waals surface area contributed by atoms with Gasteiger partial charge < -0.3 is 4.90 Å². The van der Waals surface area contributed by atoms with Crippen molar-refractivity contribution in [2.45, 2.75) is 51.2 Å². The Morgan fingerprint density at radius 1 is 1.26 bits per heavy atom. The van der Waals surface area contributed by atoms with Crippen molar-refractivity contribution >= 4 is 40.7 Å². The summed E-state index contributed by atoms with van der Waals surface area (Å²) in [5.74, 6) is 1.79. The first-order chi connectivity index (χ1) is 14.7. The van der Waals surface area contributed by atoms with E-state index in [0.717, 1.165) is 43.0 Å². The van der Waals surface area contributed by atoms with Crippen molar-refractivity contribution in [1.82, 2.24) is 14.7 Å². The Hall–Kier alpha value is -1.80. The third-order valence-corrected chi connectivity index (χ3v) is 8.19. The molecule has 0 N–H and O–H groups in total. The summed E-state index contributed by atoms with van der Waals surface area (Å²) in [4.78, 5) is 30.0. The van der Waals surface area contributed by atoms with E-state index in [4.69, 9.17) is 5.10 Å². The Kier molecular flexibility index (Phi) is 6.23. The first-order valence-corrected chi connectivity index (χ1v) is 12.9. The number of aromatic nitrogens is 2. The van der Waals surface area contributed by atoms with Crippen LogP contribution in [0.25, 0.3) is 0 Å². The first-order valence-electron chi connectivity index (χ1n) is 11.0. The number of carbonyl (C=O) groups excluding carboxylic acids is 2. The lowest BCUT2D eigenvalue weighted by Gasteiger charge is -2.32. The molecule has 0 aromatic carbocycles. The third-order valence-electron chi connectivity index (χ3n) is 6.23. The van der Waals surface area contributed by atoms with Crippen LogP contribution in [0.1, 0.15) is 62.6 Å². The molecule has 0 radical (unpaired) electrons. The van der Waals surface area contributed by atoms with Crippen molar-refractivity contribution in [3.8, 4) is 0 Å². The fourth-order valence-electron chi connectivity index (χ4n) is 4.42. The van der Waals surface area contributed by atoms with Crippen LogP contribution in [-0.4, -0.2) is 51.9 Å². The number of aryl methyl sites for hydroxylation is 1. The van der Waals surface area contributed by atoms with E-state index in [2.05, 4.69) is 44.5 Å². The summed E-state index contributed by atoms with van der Waals surface area (Å²) in [7, 11) is 1.89. The van der Waals surface area contributed by atoms with Crippen molar-refractivity contribution < 1.29 is 9.59 Å². The average molecular weight is 461 g/mol. The maximum absolute atomic E-state index is 13.3. The van der Waals surface area contributed by atoms with Crippen molar-refractivity contribution in [3.63, 3.8) is 0 Å². The van der Waals surface area contributed by atoms with Crippen molar-refractivity contribution in [3.05, 3.63) is 33.6 Å². The van der Waals surface area contributed by atoms with Crippen molar-refractivity contribution in [2.75, 3.05) is 30.3 Å². The highest BCUT2D eigenvalue weighted by molar-refractivity contribution is 8.00. The molecule has 4 heterocycles. The molecular formula is C23H32N4O2S2. The number of nitrogens with zero attached hydrogens (tertiary/aromatic N) is 4. The molecule has 0 saturated carbocycles. The molecule has 2 aromatic rings. The van der Waals surface area contributed by atoms with Crippen molar-refractivity contribution in [1.29, 1.82) is 0 Å². The van der Waals surface area contributed by atoms with Crippen LogP contribution in [0.15, 0.2) is 16.8 Å². The molecule has 0 bridgehead atoms. The number of thioether (sulfide) groups is 1. The number of piperidine rings is 1. The standard InChI is InChI=1S/C23H32N4O2S2/c1-15-6-9-26(10-7-15)17(28)12-27-18(29)14-31-20(16-8-11-30-13-16)19-21(23(2,3)4)24-25(5)22(19)27/h8,11,13,15,20H,6-7,9-10,12,14H2,1-5H3. The number of thiophene rings is 1. The van der Waals surface area contributed by atoms with Crippen LogP contribution in [0.4, 0.5) is 5.82 Å². The Balaban J connectivity index is 1.75. The summed E-state index contributed by atoms with van der Waals surface area (Å²) >= 11 is 3.31. The predicted molar refractivity (Wildman–Crippen MR) is 128 cm³/mol. The van der Waals surface area contributed by atoms with Gasteiger partial charge in [-0.25, -0.2) is 0 Å². The number of anilines is 1. The maximum Gasteiger partial charge on any atom is 0.242 e. The summed E-state index contributed by atoms with van der Waals surface area (Å²) in [5, 5.41) is 9.13. The van der Waals surface area contributed by atoms with Gasteiger partial charge in [-0.1, -0.05) is 27.7 Å². The number of rotatable bonds is 3. The number of likely N-dealkylation sites (tertiary alicyclic amines) is 1. The molecule has 2 amide bonds. The van der Waals surface area contributed by atoms with Gasteiger partial charge in [0, 0.05) is 31.1 Å². The van der Waals surface area contributed by atoms with Crippen LogP contribution in [0.5, 0.6) is 0 Å². The molecule has 1 unspecified atom stereocenters. The zero-order valence-electron chi connectivity index (χ0n) is 19.1. The molecule has 4 rings (SSSR count). The first kappa shape index (κ1) is 22.4. The molecule has 0 aliphatic carbocycles. The zero-order chi connectivity index (χ0) is 22.3. The second-order valence-electron chi connectivity index (χ2n) is 9.75. The highest BCUT2D eigenvalue weighted by Crippen LogP contribution is 2.47. The minimum Gasteiger partial charge on any atom is -0.341 e. The number of hydrogen-bond donors (Lipinski definition) is 0. The van der Waals surface area contributed by atoms with Gasteiger partial charge in [0.25, 0.3) is 0 Å². The van der Waals surface area contributed by atoms with E-state index in [9.17, 15) is 9.59 Å². The van der Waals surface area contributed by atoms with Gasteiger partial charge in [0.05, 0.1) is 16.7 Å². The lowest BCUT2D eigenvalue weighted by Crippen LogP contribution is -2.46. The van der Waals surface area contributed by atoms with Crippen LogP contribution in [0.3, 0.4) is 0 Å². The fraction of sp³-hybridized carbons (Fsp3) is 0.609. The van der Waals surface area contributed by atoms with Gasteiger partial charge in [-0.05, 0) is 41.1 Å². The molecule has 2 aliphatic rings. The smallest absolute Gasteiger partial charge is 0.242 e. The number of fused-ring (bicyclic) bond motifs is 1. The van der Waals surface area contributed by atoms with Crippen LogP contribution in [0, 0.1) is 5.92 Å². The molecule has 168 valence electrons. The normalized spacial score (nSPS) is 20.7. The third kappa shape index (κ3) is 4.42. The molecule has 2 aromatic heterocycles. The van der Waals surface area contributed by atoms with Gasteiger partial charge in [0.2, 0.25) is 11.8 Å². The molecule has 1 atom stereocenters. The second kappa shape index (κ2) is 8.62. The van der Waals surface area contributed by atoms with Gasteiger partial charge >= 0.3 is 0 Å². The van der Waals surface area contributed by atoms with E-state index in [1.165, 1.54) is 5.56 Å². The lowest BCUT2D eigenvalue weighted by atomic mass is 9.87. The van der Waals surface area contributed by atoms with E-state index in [1.807, 2.05) is 16.6 Å². The van der Waals surface area contributed by atoms with E-state index in [-0.39, 0.29) is 29.0 Å². The van der Waals surface area contributed by atoms with Crippen LogP contribution >= 0.6 is 23.1 Å². The topological polar surface area (TPSA) is 58.4 Å². The van der Waals surface area contributed by atoms with Gasteiger partial charge in [0.15, 0.2) is 0 Å². The minimum atomic E-state index is -0.174. The lowest BCUT2D eigenvalue weighted by molar-refractivity contribution is -0.132. The average Bonchev–Trinajstić information content (AvgIpc) is 3.32. The summed E-state index contributed by atoms with van der Waals surface area (Å²) < 4.78 is 1.81. The maximum atomic E-state index is 13.3. The Morgan fingerprint density at radius 3 is 2.58 bits per heavy atom. The van der Waals surface area contributed by atoms with Crippen LogP contribution in [-0.2, 0) is 22.1 Å². The molecule has 0 spiro atoms. The van der Waals surface area contributed by atoms with Gasteiger partial charge in [-0.2, -0.15) is 16.4 Å². The molecular weight excluding hydrogens is 428 g/mol. The van der Waals surface area contributed by atoms with Crippen LogP contribution in [0.2, 0.25) is 0 Å². The van der Waals surface area contributed by atoms with E-state index < -0.39 is 0 Å². The van der Waals surface area contributed by atoms with E-state index >= 15 is 0 Å². The molecule has 1 saturated heterocycles.